The predicted octanol–water partition coefficient (Wildman–Crippen LogP) is 4.28. The van der Waals surface area contributed by atoms with Crippen molar-refractivity contribution in [2.75, 3.05) is 13.1 Å². The molecule has 1 saturated heterocycles. The molecule has 3 heterocycles. The number of hydrogen-bond acceptors (Lipinski definition) is 5. The standard InChI is InChI=1S/C21H23N3O2S/c1-14-19(15(2)26-23-14)20(25)24-11-9-21(10-12-24,17-7-5-4-6-8-17)18-13-27-16(3)22-18/h4-8,13H,9-12H2,1-3H3. The number of piperidine rings is 1. The van der Waals surface area contributed by atoms with Gasteiger partial charge in [0.25, 0.3) is 5.91 Å². The summed E-state index contributed by atoms with van der Waals surface area (Å²) in [7, 11) is 0. The number of amides is 1. The summed E-state index contributed by atoms with van der Waals surface area (Å²) in [5, 5.41) is 7.18. The van der Waals surface area contributed by atoms with E-state index in [9.17, 15) is 4.79 Å². The van der Waals surface area contributed by atoms with Crippen molar-refractivity contribution >= 4 is 17.2 Å². The highest BCUT2D eigenvalue weighted by atomic mass is 32.1. The Balaban J connectivity index is 1.63. The number of carbonyl (C=O) groups excluding carboxylic acids is 1. The van der Waals surface area contributed by atoms with Crippen molar-refractivity contribution in [2.45, 2.75) is 39.0 Å². The zero-order valence-corrected chi connectivity index (χ0v) is 16.7. The first-order chi connectivity index (χ1) is 13.0. The van der Waals surface area contributed by atoms with Crippen LogP contribution in [0.25, 0.3) is 0 Å². The van der Waals surface area contributed by atoms with Crippen LogP contribution >= 0.6 is 11.3 Å². The van der Waals surface area contributed by atoms with Crippen LogP contribution in [-0.2, 0) is 5.41 Å². The van der Waals surface area contributed by atoms with Gasteiger partial charge >= 0.3 is 0 Å². The number of thiazole rings is 1. The van der Waals surface area contributed by atoms with Gasteiger partial charge in [0.05, 0.1) is 16.4 Å². The molecule has 1 aromatic carbocycles. The second-order valence-electron chi connectivity index (χ2n) is 7.19. The Labute approximate surface area is 163 Å². The molecule has 0 atom stereocenters. The summed E-state index contributed by atoms with van der Waals surface area (Å²) in [5.41, 5.74) is 3.53. The van der Waals surface area contributed by atoms with E-state index < -0.39 is 0 Å². The predicted molar refractivity (Wildman–Crippen MR) is 105 cm³/mol. The Hall–Kier alpha value is -2.47. The third-order valence-corrected chi connectivity index (χ3v) is 6.36. The monoisotopic (exact) mass is 381 g/mol. The van der Waals surface area contributed by atoms with E-state index in [1.165, 1.54) is 5.56 Å². The summed E-state index contributed by atoms with van der Waals surface area (Å²) in [6, 6.07) is 10.6. The Morgan fingerprint density at radius 1 is 1.15 bits per heavy atom. The van der Waals surface area contributed by atoms with Crippen molar-refractivity contribution in [3.8, 4) is 0 Å². The summed E-state index contributed by atoms with van der Waals surface area (Å²) < 4.78 is 5.18. The van der Waals surface area contributed by atoms with Gasteiger partial charge in [-0.2, -0.15) is 0 Å². The number of likely N-dealkylation sites (tertiary alicyclic amines) is 1. The van der Waals surface area contributed by atoms with E-state index in [4.69, 9.17) is 9.51 Å². The zero-order chi connectivity index (χ0) is 19.0. The van der Waals surface area contributed by atoms with E-state index in [2.05, 4.69) is 34.8 Å². The van der Waals surface area contributed by atoms with Crippen molar-refractivity contribution in [3.63, 3.8) is 0 Å². The highest BCUT2D eigenvalue weighted by Gasteiger charge is 2.41. The van der Waals surface area contributed by atoms with Gasteiger partial charge in [0.1, 0.15) is 11.3 Å². The van der Waals surface area contributed by atoms with Crippen LogP contribution < -0.4 is 0 Å². The van der Waals surface area contributed by atoms with Crippen LogP contribution in [0.3, 0.4) is 0 Å². The third-order valence-electron chi connectivity index (χ3n) is 5.59. The lowest BCUT2D eigenvalue weighted by Gasteiger charge is -2.41. The van der Waals surface area contributed by atoms with Crippen LogP contribution in [0.5, 0.6) is 0 Å². The molecule has 2 aromatic heterocycles. The fourth-order valence-corrected chi connectivity index (χ4v) is 4.78. The van der Waals surface area contributed by atoms with Crippen LogP contribution in [-0.4, -0.2) is 34.0 Å². The number of nitrogens with zero attached hydrogens (tertiary/aromatic N) is 3. The van der Waals surface area contributed by atoms with Crippen molar-refractivity contribution in [2.24, 2.45) is 0 Å². The molecule has 1 amide bonds. The topological polar surface area (TPSA) is 59.2 Å². The molecule has 0 saturated carbocycles. The van der Waals surface area contributed by atoms with Gasteiger partial charge in [-0.15, -0.1) is 11.3 Å². The minimum atomic E-state index is -0.137. The molecular formula is C21H23N3O2S. The molecule has 4 rings (SSSR count). The molecule has 0 unspecified atom stereocenters. The van der Waals surface area contributed by atoms with Crippen molar-refractivity contribution in [1.29, 1.82) is 0 Å². The van der Waals surface area contributed by atoms with E-state index >= 15 is 0 Å². The number of rotatable bonds is 3. The van der Waals surface area contributed by atoms with Crippen molar-refractivity contribution in [1.82, 2.24) is 15.0 Å². The molecular weight excluding hydrogens is 358 g/mol. The van der Waals surface area contributed by atoms with E-state index in [0.29, 0.717) is 30.1 Å². The Morgan fingerprint density at radius 2 is 1.85 bits per heavy atom. The molecule has 1 aliphatic heterocycles. The summed E-state index contributed by atoms with van der Waals surface area (Å²) in [6.07, 6.45) is 1.71. The maximum Gasteiger partial charge on any atom is 0.259 e. The van der Waals surface area contributed by atoms with Crippen LogP contribution in [0.2, 0.25) is 0 Å². The number of benzene rings is 1. The third kappa shape index (κ3) is 3.08. The Kier molecular flexibility index (Phi) is 4.60. The number of carbonyl (C=O) groups is 1. The number of aromatic nitrogens is 2. The van der Waals surface area contributed by atoms with Gasteiger partial charge in [-0.05, 0) is 39.2 Å². The molecule has 6 heteroatoms. The van der Waals surface area contributed by atoms with E-state index in [0.717, 1.165) is 23.5 Å². The second-order valence-corrected chi connectivity index (χ2v) is 8.25. The first-order valence-corrected chi connectivity index (χ1v) is 10.1. The van der Waals surface area contributed by atoms with Gasteiger partial charge in [-0.25, -0.2) is 4.98 Å². The molecule has 1 fully saturated rings. The average molecular weight is 382 g/mol. The first-order valence-electron chi connectivity index (χ1n) is 9.21. The first kappa shape index (κ1) is 17.9. The fraction of sp³-hybridized carbons (Fsp3) is 0.381. The fourth-order valence-electron chi connectivity index (χ4n) is 4.07. The normalized spacial score (nSPS) is 16.5. The minimum absolute atomic E-state index is 0.0161. The van der Waals surface area contributed by atoms with E-state index in [1.807, 2.05) is 24.8 Å². The van der Waals surface area contributed by atoms with Crippen LogP contribution in [0, 0.1) is 20.8 Å². The van der Waals surface area contributed by atoms with Crippen LogP contribution in [0.15, 0.2) is 40.2 Å². The molecule has 140 valence electrons. The quantitative estimate of drug-likeness (QED) is 0.679. The van der Waals surface area contributed by atoms with Gasteiger partial charge in [-0.3, -0.25) is 4.79 Å². The van der Waals surface area contributed by atoms with Gasteiger partial charge in [-0.1, -0.05) is 35.5 Å². The highest BCUT2D eigenvalue weighted by Crippen LogP contribution is 2.42. The molecule has 3 aromatic rings. The molecule has 0 bridgehead atoms. The maximum atomic E-state index is 13.0. The maximum absolute atomic E-state index is 13.0. The smallest absolute Gasteiger partial charge is 0.259 e. The summed E-state index contributed by atoms with van der Waals surface area (Å²) in [4.78, 5) is 19.7. The van der Waals surface area contributed by atoms with Gasteiger partial charge in [0.15, 0.2) is 0 Å². The number of hydrogen-bond donors (Lipinski definition) is 0. The molecule has 5 nitrogen and oxygen atoms in total. The second kappa shape index (κ2) is 6.93. The van der Waals surface area contributed by atoms with Gasteiger partial charge in [0.2, 0.25) is 0 Å². The average Bonchev–Trinajstić information content (AvgIpc) is 3.27. The molecule has 27 heavy (non-hydrogen) atoms. The Morgan fingerprint density at radius 3 is 2.41 bits per heavy atom. The lowest BCUT2D eigenvalue weighted by atomic mass is 9.70. The highest BCUT2D eigenvalue weighted by molar-refractivity contribution is 7.09. The van der Waals surface area contributed by atoms with E-state index in [-0.39, 0.29) is 11.3 Å². The lowest BCUT2D eigenvalue weighted by Crippen LogP contribution is -2.46. The van der Waals surface area contributed by atoms with Crippen molar-refractivity contribution < 1.29 is 9.32 Å². The molecule has 1 aliphatic rings. The van der Waals surface area contributed by atoms with Gasteiger partial charge in [0, 0.05) is 23.9 Å². The summed E-state index contributed by atoms with van der Waals surface area (Å²) >= 11 is 1.69. The SMILES string of the molecule is Cc1nc(C2(c3ccccc3)CCN(C(=O)c3c(C)noc3C)CC2)cs1. The van der Waals surface area contributed by atoms with Gasteiger partial charge < -0.3 is 9.42 Å². The summed E-state index contributed by atoms with van der Waals surface area (Å²) in [5.74, 6) is 0.606. The van der Waals surface area contributed by atoms with Crippen LogP contribution in [0.4, 0.5) is 0 Å². The van der Waals surface area contributed by atoms with Crippen LogP contribution in [0.1, 0.15) is 50.9 Å². The molecule has 0 N–H and O–H groups in total. The summed E-state index contributed by atoms with van der Waals surface area (Å²) in [6.45, 7) is 7.04. The largest absolute Gasteiger partial charge is 0.361 e. The molecule has 0 spiro atoms. The van der Waals surface area contributed by atoms with E-state index in [1.54, 1.807) is 18.3 Å². The molecule has 0 radical (unpaired) electrons. The van der Waals surface area contributed by atoms with Crippen molar-refractivity contribution in [3.05, 3.63) is 69.0 Å². The zero-order valence-electron chi connectivity index (χ0n) is 15.9. The molecule has 0 aliphatic carbocycles. The number of aryl methyl sites for hydroxylation is 3. The Bertz CT molecular complexity index is 933. The lowest BCUT2D eigenvalue weighted by molar-refractivity contribution is 0.0681. The minimum Gasteiger partial charge on any atom is -0.361 e.